The van der Waals surface area contributed by atoms with E-state index in [1.807, 2.05) is 54.5 Å². The molecule has 0 unspecified atom stereocenters. The fourth-order valence-electron chi connectivity index (χ4n) is 3.90. The fraction of sp³-hybridized carbons (Fsp3) is 0.656. The predicted molar refractivity (Wildman–Crippen MR) is 153 cm³/mol. The van der Waals surface area contributed by atoms with E-state index in [-0.39, 0.29) is 5.56 Å². The Balaban J connectivity index is 0. The molecule has 1 nitrogen and oxygen atoms in total. The third kappa shape index (κ3) is 14.0. The first-order chi connectivity index (χ1) is 16.9. The maximum absolute atomic E-state index is 13.8. The third-order valence-corrected chi connectivity index (χ3v) is 6.05. The van der Waals surface area contributed by atoms with Crippen molar-refractivity contribution < 1.29 is 18.0 Å². The zero-order valence-electron chi connectivity index (χ0n) is 24.8. The lowest BCUT2D eigenvalue weighted by molar-refractivity contribution is -0.113. The topological polar surface area (TPSA) is 17.1 Å². The highest BCUT2D eigenvalue weighted by Gasteiger charge is 2.37. The van der Waals surface area contributed by atoms with E-state index in [9.17, 15) is 18.0 Å². The van der Waals surface area contributed by atoms with Crippen LogP contribution in [0.4, 0.5) is 13.2 Å². The van der Waals surface area contributed by atoms with Crippen LogP contribution in [-0.2, 0) is 11.2 Å². The zero-order valence-corrected chi connectivity index (χ0v) is 24.8. The van der Waals surface area contributed by atoms with Crippen molar-refractivity contribution in [2.75, 3.05) is 0 Å². The summed E-state index contributed by atoms with van der Waals surface area (Å²) in [5.41, 5.74) is 3.13. The Morgan fingerprint density at radius 1 is 0.778 bits per heavy atom. The Hall–Kier alpha value is -1.84. The van der Waals surface area contributed by atoms with E-state index in [0.29, 0.717) is 17.5 Å². The molecule has 0 aliphatic heterocycles. The number of alkyl halides is 3. The molecule has 36 heavy (non-hydrogen) atoms. The van der Waals surface area contributed by atoms with Crippen molar-refractivity contribution in [1.82, 2.24) is 0 Å². The minimum Gasteiger partial charge on any atom is -0.295 e. The molecule has 0 bridgehead atoms. The summed E-state index contributed by atoms with van der Waals surface area (Å²) in [7, 11) is 0. The number of rotatable bonds is 12. The van der Waals surface area contributed by atoms with Crippen molar-refractivity contribution in [2.45, 2.75) is 140 Å². The van der Waals surface area contributed by atoms with E-state index in [0.717, 1.165) is 42.6 Å². The van der Waals surface area contributed by atoms with Crippen LogP contribution in [-0.4, -0.2) is 12.0 Å². The summed E-state index contributed by atoms with van der Waals surface area (Å²) in [5.74, 6) is -0.601. The zero-order chi connectivity index (χ0) is 28.3. The molecular formula is C32H53F3O. The summed E-state index contributed by atoms with van der Waals surface area (Å²) in [6, 6.07) is 3.64. The smallest absolute Gasteiger partial charge is 0.295 e. The van der Waals surface area contributed by atoms with Crippen LogP contribution in [0.5, 0.6) is 0 Å². The molecule has 1 aromatic carbocycles. The van der Waals surface area contributed by atoms with Gasteiger partial charge in [-0.3, -0.25) is 4.79 Å². The molecule has 208 valence electrons. The number of unbranched alkanes of at least 4 members (excludes halogenated alkanes) is 7. The summed E-state index contributed by atoms with van der Waals surface area (Å²) in [5, 5.41) is 0. The van der Waals surface area contributed by atoms with Crippen molar-refractivity contribution in [3.63, 3.8) is 0 Å². The second-order valence-corrected chi connectivity index (χ2v) is 9.45. The monoisotopic (exact) mass is 510 g/mol. The van der Waals surface area contributed by atoms with Crippen molar-refractivity contribution in [1.29, 1.82) is 0 Å². The van der Waals surface area contributed by atoms with Gasteiger partial charge in [-0.2, -0.15) is 13.2 Å². The van der Waals surface area contributed by atoms with E-state index in [1.54, 1.807) is 6.07 Å². The quantitative estimate of drug-likeness (QED) is 0.202. The van der Waals surface area contributed by atoms with Gasteiger partial charge in [0.2, 0.25) is 0 Å². The molecule has 0 amide bonds. The number of carbonyl (C=O) groups excluding carboxylic acids is 1. The Morgan fingerprint density at radius 3 is 1.64 bits per heavy atom. The Kier molecular flexibility index (Phi) is 20.4. The number of hydrogen-bond donors (Lipinski definition) is 0. The summed E-state index contributed by atoms with van der Waals surface area (Å²) >= 11 is 0. The average Bonchev–Trinajstić information content (AvgIpc) is 2.82. The highest BCUT2D eigenvalue weighted by Crippen LogP contribution is 2.41. The van der Waals surface area contributed by atoms with E-state index >= 15 is 0 Å². The van der Waals surface area contributed by atoms with Crippen LogP contribution >= 0.6 is 0 Å². The molecule has 4 heteroatoms. The van der Waals surface area contributed by atoms with Crippen LogP contribution in [0.15, 0.2) is 23.8 Å². The van der Waals surface area contributed by atoms with Crippen molar-refractivity contribution in [2.24, 2.45) is 0 Å². The Morgan fingerprint density at radius 2 is 1.25 bits per heavy atom. The first-order valence-corrected chi connectivity index (χ1v) is 14.0. The second kappa shape index (κ2) is 20.2. The maximum Gasteiger partial charge on any atom is 0.417 e. The second-order valence-electron chi connectivity index (χ2n) is 9.45. The fourth-order valence-corrected chi connectivity index (χ4v) is 3.90. The molecule has 0 fully saturated rings. The molecule has 0 atom stereocenters. The summed E-state index contributed by atoms with van der Waals surface area (Å²) in [4.78, 5) is 11.5. The molecule has 0 aliphatic rings. The largest absolute Gasteiger partial charge is 0.417 e. The predicted octanol–water partition coefficient (Wildman–Crippen LogP) is 11.5. The molecule has 0 saturated heterocycles. The summed E-state index contributed by atoms with van der Waals surface area (Å²) < 4.78 is 41.4. The van der Waals surface area contributed by atoms with Gasteiger partial charge in [-0.05, 0) is 81.4 Å². The standard InChI is InChI=1S/C21H27F3O.C9H20.C2H6/c1-7-8-9-17-11-10-14(4)19(16(6)13(2)3)20(17)18(12-15(5)25)21(22,23)24;1-3-5-7-9-8-6-4-2;1-2/h10-12H,7-9H2,1-6H3;3-9H2,1-2H3;1-2H3/b18-12+;;. The number of halogens is 3. The molecule has 0 N–H and O–H groups in total. The number of carbonyl (C=O) groups is 1. The SMILES string of the molecule is CC.CCCCCCCCC.CCCCc1ccc(C)c(C(C)=C(C)C)c1/C(=C\C(C)=O)C(F)(F)F. The van der Waals surface area contributed by atoms with Crippen LogP contribution in [0.3, 0.4) is 0 Å². The van der Waals surface area contributed by atoms with Gasteiger partial charge >= 0.3 is 6.18 Å². The molecule has 0 radical (unpaired) electrons. The lowest BCUT2D eigenvalue weighted by Gasteiger charge is -2.23. The normalized spacial score (nSPS) is 11.2. The molecule has 0 spiro atoms. The van der Waals surface area contributed by atoms with Gasteiger partial charge in [0.15, 0.2) is 5.78 Å². The molecule has 0 aliphatic carbocycles. The highest BCUT2D eigenvalue weighted by atomic mass is 19.4. The van der Waals surface area contributed by atoms with E-state index < -0.39 is 17.5 Å². The van der Waals surface area contributed by atoms with Crippen molar-refractivity contribution in [3.8, 4) is 0 Å². The van der Waals surface area contributed by atoms with Gasteiger partial charge in [0.05, 0.1) is 5.57 Å². The lowest BCUT2D eigenvalue weighted by Crippen LogP contribution is -2.16. The minimum atomic E-state index is -4.59. The number of benzene rings is 1. The van der Waals surface area contributed by atoms with Crippen molar-refractivity contribution in [3.05, 3.63) is 46.0 Å². The minimum absolute atomic E-state index is 0.162. The van der Waals surface area contributed by atoms with Crippen LogP contribution < -0.4 is 0 Å². The molecule has 0 heterocycles. The van der Waals surface area contributed by atoms with E-state index in [4.69, 9.17) is 0 Å². The van der Waals surface area contributed by atoms with Crippen LogP contribution in [0, 0.1) is 6.92 Å². The van der Waals surface area contributed by atoms with Crippen LogP contribution in [0.25, 0.3) is 11.1 Å². The number of hydrogen-bond acceptors (Lipinski definition) is 1. The Labute approximate surface area is 220 Å². The lowest BCUT2D eigenvalue weighted by atomic mass is 9.84. The average molecular weight is 511 g/mol. The summed E-state index contributed by atoms with van der Waals surface area (Å²) in [6.45, 7) is 19.1. The molecule has 1 rings (SSSR count). The third-order valence-electron chi connectivity index (χ3n) is 6.05. The summed E-state index contributed by atoms with van der Waals surface area (Å²) in [6.07, 6.45) is 8.36. The van der Waals surface area contributed by atoms with Gasteiger partial charge in [-0.15, -0.1) is 0 Å². The Bertz CT molecular complexity index is 803. The van der Waals surface area contributed by atoms with E-state index in [1.165, 1.54) is 44.9 Å². The number of aryl methyl sites for hydroxylation is 2. The van der Waals surface area contributed by atoms with Gasteiger partial charge in [0.1, 0.15) is 0 Å². The van der Waals surface area contributed by atoms with Crippen LogP contribution in [0.2, 0.25) is 0 Å². The first kappa shape index (κ1) is 36.3. The van der Waals surface area contributed by atoms with Gasteiger partial charge in [-0.1, -0.05) is 104 Å². The van der Waals surface area contributed by atoms with Gasteiger partial charge in [0.25, 0.3) is 0 Å². The maximum atomic E-state index is 13.8. The molecular weight excluding hydrogens is 457 g/mol. The van der Waals surface area contributed by atoms with Gasteiger partial charge in [0, 0.05) is 0 Å². The first-order valence-electron chi connectivity index (χ1n) is 14.0. The molecule has 0 aromatic heterocycles. The molecule has 0 saturated carbocycles. The van der Waals surface area contributed by atoms with Gasteiger partial charge < -0.3 is 0 Å². The molecule has 1 aromatic rings. The van der Waals surface area contributed by atoms with Crippen LogP contribution in [0.1, 0.15) is 142 Å². The highest BCUT2D eigenvalue weighted by molar-refractivity contribution is 5.98. The van der Waals surface area contributed by atoms with E-state index in [2.05, 4.69) is 13.8 Å². The van der Waals surface area contributed by atoms with Gasteiger partial charge in [-0.25, -0.2) is 0 Å². The van der Waals surface area contributed by atoms with Crippen molar-refractivity contribution >= 4 is 16.9 Å². The number of allylic oxidation sites excluding steroid dienone is 4. The number of ketones is 1.